The van der Waals surface area contributed by atoms with Crippen LogP contribution in [0.5, 0.6) is 5.75 Å². The lowest BCUT2D eigenvalue weighted by Gasteiger charge is -2.16. The van der Waals surface area contributed by atoms with Gasteiger partial charge in [-0.15, -0.1) is 0 Å². The quantitative estimate of drug-likeness (QED) is 0.300. The molecule has 0 saturated carbocycles. The summed E-state index contributed by atoms with van der Waals surface area (Å²) in [6.45, 7) is 1.08. The maximum absolute atomic E-state index is 11.8. The van der Waals surface area contributed by atoms with E-state index in [1.165, 1.54) is 0 Å². The van der Waals surface area contributed by atoms with Crippen molar-refractivity contribution in [1.82, 2.24) is 4.98 Å². The van der Waals surface area contributed by atoms with Crippen LogP contribution in [0.3, 0.4) is 0 Å². The summed E-state index contributed by atoms with van der Waals surface area (Å²) in [5, 5.41) is 9.69. The Balaban J connectivity index is 1.30. The normalized spacial score (nSPS) is 11.9. The van der Waals surface area contributed by atoms with Gasteiger partial charge in [0.2, 0.25) is 0 Å². The smallest absolute Gasteiger partial charge is 0.307 e. The highest BCUT2D eigenvalue weighted by atomic mass is 79.9. The van der Waals surface area contributed by atoms with Crippen LogP contribution < -0.4 is 9.64 Å². The van der Waals surface area contributed by atoms with Gasteiger partial charge in [0.25, 0.3) is 6.01 Å². The fourth-order valence-electron chi connectivity index (χ4n) is 3.60. The number of oxazole rings is 1. The lowest BCUT2D eigenvalue weighted by atomic mass is 9.92. The molecule has 7 heteroatoms. The molecular formula is C26H25BrN2O4. The third-order valence-electron chi connectivity index (χ3n) is 5.48. The summed E-state index contributed by atoms with van der Waals surface area (Å²) in [5.74, 6) is -0.559. The van der Waals surface area contributed by atoms with Crippen molar-refractivity contribution in [2.45, 2.75) is 12.8 Å². The first-order chi connectivity index (χ1) is 16.0. The van der Waals surface area contributed by atoms with Crippen LogP contribution in [-0.2, 0) is 17.6 Å². The highest BCUT2D eigenvalue weighted by Gasteiger charge is 2.20. The van der Waals surface area contributed by atoms with Gasteiger partial charge in [0.1, 0.15) is 17.9 Å². The third-order valence-corrected chi connectivity index (χ3v) is 6.26. The molecule has 0 aliphatic carbocycles. The second-order valence-electron chi connectivity index (χ2n) is 7.91. The summed E-state index contributed by atoms with van der Waals surface area (Å²) in [6, 6.07) is 23.6. The van der Waals surface area contributed by atoms with E-state index in [0.717, 1.165) is 32.4 Å². The van der Waals surface area contributed by atoms with Crippen LogP contribution in [0.15, 0.2) is 81.7 Å². The van der Waals surface area contributed by atoms with E-state index < -0.39 is 11.9 Å². The Morgan fingerprint density at radius 2 is 1.79 bits per heavy atom. The van der Waals surface area contributed by atoms with Gasteiger partial charge >= 0.3 is 5.97 Å². The number of rotatable bonds is 10. The number of carboxylic acid groups (broad SMARTS) is 1. The van der Waals surface area contributed by atoms with Crippen molar-refractivity contribution in [2.75, 3.05) is 25.1 Å². The molecule has 0 saturated heterocycles. The summed E-state index contributed by atoms with van der Waals surface area (Å²) in [4.78, 5) is 18.2. The Bertz CT molecular complexity index is 1190. The van der Waals surface area contributed by atoms with E-state index in [1.807, 2.05) is 84.7 Å². The Morgan fingerprint density at radius 3 is 2.52 bits per heavy atom. The minimum Gasteiger partial charge on any atom is -0.492 e. The molecule has 1 aromatic heterocycles. The zero-order valence-corrected chi connectivity index (χ0v) is 19.9. The average Bonchev–Trinajstić information content (AvgIpc) is 3.25. The molecule has 170 valence electrons. The van der Waals surface area contributed by atoms with E-state index in [4.69, 9.17) is 9.15 Å². The number of benzene rings is 3. The molecule has 3 aromatic carbocycles. The predicted octanol–water partition coefficient (Wildman–Crippen LogP) is 5.59. The number of ether oxygens (including phenoxy) is 1. The minimum atomic E-state index is -0.798. The molecule has 1 N–H and O–H groups in total. The predicted molar refractivity (Wildman–Crippen MR) is 132 cm³/mol. The molecule has 4 rings (SSSR count). The lowest BCUT2D eigenvalue weighted by molar-refractivity contribution is -0.141. The average molecular weight is 509 g/mol. The van der Waals surface area contributed by atoms with E-state index in [2.05, 4.69) is 20.9 Å². The number of halogens is 1. The van der Waals surface area contributed by atoms with Gasteiger partial charge in [0.15, 0.2) is 5.58 Å². The highest BCUT2D eigenvalue weighted by Crippen LogP contribution is 2.23. The maximum Gasteiger partial charge on any atom is 0.307 e. The molecule has 0 fully saturated rings. The van der Waals surface area contributed by atoms with Crippen LogP contribution in [0, 0.1) is 5.92 Å². The molecule has 1 atom stereocenters. The second-order valence-corrected chi connectivity index (χ2v) is 8.77. The van der Waals surface area contributed by atoms with Crippen LogP contribution in [-0.4, -0.2) is 36.3 Å². The van der Waals surface area contributed by atoms with E-state index in [-0.39, 0.29) is 0 Å². The van der Waals surface area contributed by atoms with Gasteiger partial charge in [-0.05, 0) is 54.3 Å². The standard InChI is InChI=1S/C26H25BrN2O4/c1-29(26-28-23-8-4-5-9-24(23)33-26)14-15-32-21-12-10-18(11-13-21)16-20(25(30)31)17-19-6-2-3-7-22(19)27/h2-13,20H,14-17H2,1H3,(H,30,31). The van der Waals surface area contributed by atoms with E-state index in [1.54, 1.807) is 0 Å². The van der Waals surface area contributed by atoms with Crippen LogP contribution in [0.25, 0.3) is 11.1 Å². The number of carbonyl (C=O) groups is 1. The van der Waals surface area contributed by atoms with Crippen molar-refractivity contribution in [3.8, 4) is 5.75 Å². The Labute approximate surface area is 200 Å². The first kappa shape index (κ1) is 22.9. The van der Waals surface area contributed by atoms with E-state index in [9.17, 15) is 9.90 Å². The molecule has 6 nitrogen and oxygen atoms in total. The Hall–Kier alpha value is -3.32. The number of fused-ring (bicyclic) bond motifs is 1. The summed E-state index contributed by atoms with van der Waals surface area (Å²) in [6.07, 6.45) is 0.925. The number of anilines is 1. The fourth-order valence-corrected chi connectivity index (χ4v) is 4.05. The van der Waals surface area contributed by atoms with Crippen molar-refractivity contribution >= 4 is 39.0 Å². The fraction of sp³-hybridized carbons (Fsp3) is 0.231. The third kappa shape index (κ3) is 5.93. The van der Waals surface area contributed by atoms with Gasteiger partial charge in [-0.1, -0.05) is 58.4 Å². The van der Waals surface area contributed by atoms with E-state index >= 15 is 0 Å². The zero-order chi connectivity index (χ0) is 23.2. The topological polar surface area (TPSA) is 75.8 Å². The van der Waals surface area contributed by atoms with Crippen molar-refractivity contribution in [2.24, 2.45) is 5.92 Å². The second kappa shape index (κ2) is 10.5. The number of likely N-dealkylation sites (N-methyl/N-ethyl adjacent to an activating group) is 1. The Kier molecular flexibility index (Phi) is 7.29. The summed E-state index contributed by atoms with van der Waals surface area (Å²) in [5.41, 5.74) is 3.55. The number of aliphatic carboxylic acids is 1. The van der Waals surface area contributed by atoms with Gasteiger partial charge in [-0.25, -0.2) is 0 Å². The molecular weight excluding hydrogens is 484 g/mol. The van der Waals surface area contributed by atoms with Gasteiger partial charge in [-0.3, -0.25) is 4.79 Å². The Morgan fingerprint density at radius 1 is 1.06 bits per heavy atom. The van der Waals surface area contributed by atoms with Crippen LogP contribution in [0.4, 0.5) is 6.01 Å². The summed E-state index contributed by atoms with van der Waals surface area (Å²) in [7, 11) is 1.91. The molecule has 0 radical (unpaired) electrons. The summed E-state index contributed by atoms with van der Waals surface area (Å²) >= 11 is 3.50. The van der Waals surface area contributed by atoms with Gasteiger partial charge < -0.3 is 19.2 Å². The maximum atomic E-state index is 11.8. The molecule has 0 bridgehead atoms. The molecule has 0 aliphatic heterocycles. The number of carboxylic acids is 1. The van der Waals surface area contributed by atoms with Crippen molar-refractivity contribution in [3.63, 3.8) is 0 Å². The largest absolute Gasteiger partial charge is 0.492 e. The van der Waals surface area contributed by atoms with E-state index in [0.29, 0.717) is 32.0 Å². The molecule has 0 amide bonds. The number of hydrogen-bond acceptors (Lipinski definition) is 5. The summed E-state index contributed by atoms with van der Waals surface area (Å²) < 4.78 is 12.6. The molecule has 0 spiro atoms. The van der Waals surface area contributed by atoms with Crippen LogP contribution >= 0.6 is 15.9 Å². The molecule has 4 aromatic rings. The number of hydrogen-bond donors (Lipinski definition) is 1. The SMILES string of the molecule is CN(CCOc1ccc(CC(Cc2ccccc2Br)C(=O)O)cc1)c1nc2ccccc2o1. The minimum absolute atomic E-state index is 0.456. The van der Waals surface area contributed by atoms with Gasteiger partial charge in [-0.2, -0.15) is 4.98 Å². The molecule has 1 heterocycles. The highest BCUT2D eigenvalue weighted by molar-refractivity contribution is 9.10. The molecule has 33 heavy (non-hydrogen) atoms. The van der Waals surface area contributed by atoms with Crippen molar-refractivity contribution in [3.05, 3.63) is 88.4 Å². The zero-order valence-electron chi connectivity index (χ0n) is 18.3. The lowest BCUT2D eigenvalue weighted by Crippen LogP contribution is -2.24. The van der Waals surface area contributed by atoms with Gasteiger partial charge in [0.05, 0.1) is 12.5 Å². The number of nitrogens with zero attached hydrogens (tertiary/aromatic N) is 2. The molecule has 1 unspecified atom stereocenters. The number of para-hydroxylation sites is 2. The van der Waals surface area contributed by atoms with Crippen LogP contribution in [0.2, 0.25) is 0 Å². The molecule has 0 aliphatic rings. The monoisotopic (exact) mass is 508 g/mol. The first-order valence-corrected chi connectivity index (χ1v) is 11.5. The first-order valence-electron chi connectivity index (χ1n) is 10.7. The number of aromatic nitrogens is 1. The van der Waals surface area contributed by atoms with Crippen molar-refractivity contribution in [1.29, 1.82) is 0 Å². The van der Waals surface area contributed by atoms with Crippen molar-refractivity contribution < 1.29 is 19.1 Å². The van der Waals surface area contributed by atoms with Gasteiger partial charge in [0, 0.05) is 11.5 Å². The van der Waals surface area contributed by atoms with Crippen LogP contribution in [0.1, 0.15) is 11.1 Å².